The lowest BCUT2D eigenvalue weighted by Gasteiger charge is -2.12. The summed E-state index contributed by atoms with van der Waals surface area (Å²) in [5.74, 6) is 2.97. The van der Waals surface area contributed by atoms with Crippen LogP contribution in [0.5, 0.6) is 0 Å². The van der Waals surface area contributed by atoms with E-state index in [1.807, 2.05) is 0 Å². The van der Waals surface area contributed by atoms with E-state index in [2.05, 4.69) is 24.0 Å². The predicted octanol–water partition coefficient (Wildman–Crippen LogP) is 2.43. The summed E-state index contributed by atoms with van der Waals surface area (Å²) in [5, 5.41) is 4.07. The fourth-order valence-corrected chi connectivity index (χ4v) is 2.42. The molecule has 3 atom stereocenters. The Morgan fingerprint density at radius 1 is 1.50 bits per heavy atom. The van der Waals surface area contributed by atoms with Crippen molar-refractivity contribution in [1.29, 1.82) is 0 Å². The summed E-state index contributed by atoms with van der Waals surface area (Å²) in [6.45, 7) is 4.99. The monoisotopic (exact) mass is 223 g/mol. The summed E-state index contributed by atoms with van der Waals surface area (Å²) in [7, 11) is 0. The van der Waals surface area contributed by atoms with Crippen molar-refractivity contribution < 1.29 is 4.52 Å². The normalized spacial score (nSPS) is 27.2. The lowest BCUT2D eigenvalue weighted by molar-refractivity contribution is 0.322. The minimum absolute atomic E-state index is 0.384. The molecule has 4 nitrogen and oxygen atoms in total. The molecule has 16 heavy (non-hydrogen) atoms. The third kappa shape index (κ3) is 2.12. The van der Waals surface area contributed by atoms with E-state index < -0.39 is 0 Å². The number of nitrogens with zero attached hydrogens (tertiary/aromatic N) is 2. The van der Waals surface area contributed by atoms with Gasteiger partial charge in [0.15, 0.2) is 5.82 Å². The number of hydrogen-bond donors (Lipinski definition) is 1. The van der Waals surface area contributed by atoms with Crippen LogP contribution in [0.25, 0.3) is 0 Å². The van der Waals surface area contributed by atoms with Gasteiger partial charge in [-0.05, 0) is 31.7 Å². The zero-order valence-electron chi connectivity index (χ0n) is 10.1. The lowest BCUT2D eigenvalue weighted by atomic mass is 9.96. The summed E-state index contributed by atoms with van der Waals surface area (Å²) in [6, 6.07) is 0. The van der Waals surface area contributed by atoms with Gasteiger partial charge in [-0.3, -0.25) is 0 Å². The van der Waals surface area contributed by atoms with Gasteiger partial charge in [0, 0.05) is 11.8 Å². The van der Waals surface area contributed by atoms with Gasteiger partial charge >= 0.3 is 0 Å². The molecule has 0 bridgehead atoms. The summed E-state index contributed by atoms with van der Waals surface area (Å²) in [6.07, 6.45) is 4.61. The quantitative estimate of drug-likeness (QED) is 0.851. The maximum absolute atomic E-state index is 5.76. The largest absolute Gasteiger partial charge is 0.339 e. The highest BCUT2D eigenvalue weighted by atomic mass is 16.5. The SMILES string of the molecule is CCC(C)c1noc(C2CCCC2CN)n1. The molecule has 3 unspecified atom stereocenters. The van der Waals surface area contributed by atoms with Crippen LogP contribution in [0.4, 0.5) is 0 Å². The van der Waals surface area contributed by atoms with Crippen LogP contribution in [0.15, 0.2) is 4.52 Å². The topological polar surface area (TPSA) is 64.9 Å². The molecule has 0 radical (unpaired) electrons. The Morgan fingerprint density at radius 2 is 2.31 bits per heavy atom. The molecule has 2 N–H and O–H groups in total. The summed E-state index contributed by atoms with van der Waals surface area (Å²) < 4.78 is 5.39. The molecule has 1 fully saturated rings. The van der Waals surface area contributed by atoms with Crippen LogP contribution < -0.4 is 5.73 Å². The van der Waals surface area contributed by atoms with Crippen LogP contribution in [0, 0.1) is 5.92 Å². The molecule has 1 aliphatic rings. The molecule has 1 saturated carbocycles. The maximum atomic E-state index is 5.76. The first-order valence-corrected chi connectivity index (χ1v) is 6.29. The smallest absolute Gasteiger partial charge is 0.230 e. The Hall–Kier alpha value is -0.900. The Labute approximate surface area is 96.6 Å². The zero-order valence-corrected chi connectivity index (χ0v) is 10.1. The van der Waals surface area contributed by atoms with Gasteiger partial charge in [-0.1, -0.05) is 25.4 Å². The van der Waals surface area contributed by atoms with E-state index in [9.17, 15) is 0 Å². The second kappa shape index (κ2) is 4.95. The highest BCUT2D eigenvalue weighted by Crippen LogP contribution is 2.38. The molecule has 1 aromatic rings. The van der Waals surface area contributed by atoms with Crippen molar-refractivity contribution >= 4 is 0 Å². The Bertz CT molecular complexity index is 337. The number of aromatic nitrogens is 2. The Balaban J connectivity index is 2.12. The van der Waals surface area contributed by atoms with Crippen LogP contribution >= 0.6 is 0 Å². The van der Waals surface area contributed by atoms with Crippen molar-refractivity contribution in [1.82, 2.24) is 10.1 Å². The van der Waals surface area contributed by atoms with Gasteiger partial charge in [0.1, 0.15) is 0 Å². The predicted molar refractivity (Wildman–Crippen MR) is 62.1 cm³/mol. The molecule has 0 amide bonds. The number of rotatable bonds is 4. The summed E-state index contributed by atoms with van der Waals surface area (Å²) in [5.41, 5.74) is 5.76. The summed E-state index contributed by atoms with van der Waals surface area (Å²) in [4.78, 5) is 4.53. The van der Waals surface area contributed by atoms with Gasteiger partial charge in [-0.25, -0.2) is 0 Å². The van der Waals surface area contributed by atoms with Crippen LogP contribution in [0.3, 0.4) is 0 Å². The van der Waals surface area contributed by atoms with Crippen LogP contribution in [-0.2, 0) is 0 Å². The van der Waals surface area contributed by atoms with E-state index in [1.165, 1.54) is 12.8 Å². The first-order chi connectivity index (χ1) is 7.76. The van der Waals surface area contributed by atoms with Gasteiger partial charge in [0.25, 0.3) is 0 Å². The molecule has 0 saturated heterocycles. The van der Waals surface area contributed by atoms with E-state index in [-0.39, 0.29) is 0 Å². The van der Waals surface area contributed by atoms with Crippen LogP contribution in [0.1, 0.15) is 63.1 Å². The molecule has 0 spiro atoms. The van der Waals surface area contributed by atoms with Crippen molar-refractivity contribution in [3.63, 3.8) is 0 Å². The third-order valence-electron chi connectivity index (χ3n) is 3.79. The van der Waals surface area contributed by atoms with Gasteiger partial charge in [-0.2, -0.15) is 4.98 Å². The first-order valence-electron chi connectivity index (χ1n) is 6.29. The molecule has 90 valence electrons. The van der Waals surface area contributed by atoms with Crippen molar-refractivity contribution in [2.45, 2.75) is 51.4 Å². The second-order valence-corrected chi connectivity index (χ2v) is 4.83. The minimum atomic E-state index is 0.384. The maximum Gasteiger partial charge on any atom is 0.230 e. The van der Waals surface area contributed by atoms with E-state index >= 15 is 0 Å². The van der Waals surface area contributed by atoms with Gasteiger partial charge in [0.05, 0.1) is 0 Å². The van der Waals surface area contributed by atoms with Crippen LogP contribution in [-0.4, -0.2) is 16.7 Å². The zero-order chi connectivity index (χ0) is 11.5. The van der Waals surface area contributed by atoms with Gasteiger partial charge in [-0.15, -0.1) is 0 Å². The van der Waals surface area contributed by atoms with E-state index in [4.69, 9.17) is 10.3 Å². The fourth-order valence-electron chi connectivity index (χ4n) is 2.42. The highest BCUT2D eigenvalue weighted by Gasteiger charge is 2.32. The first kappa shape index (κ1) is 11.6. The molecular formula is C12H21N3O. The van der Waals surface area contributed by atoms with Crippen molar-refractivity contribution in [2.24, 2.45) is 11.7 Å². The second-order valence-electron chi connectivity index (χ2n) is 4.83. The van der Waals surface area contributed by atoms with Crippen molar-refractivity contribution in [2.75, 3.05) is 6.54 Å². The molecule has 1 heterocycles. The molecular weight excluding hydrogens is 202 g/mol. The molecule has 1 aliphatic carbocycles. The lowest BCUT2D eigenvalue weighted by Crippen LogP contribution is -2.17. The Morgan fingerprint density at radius 3 is 3.00 bits per heavy atom. The summed E-state index contributed by atoms with van der Waals surface area (Å²) >= 11 is 0. The molecule has 0 aliphatic heterocycles. The Kier molecular flexibility index (Phi) is 3.59. The fraction of sp³-hybridized carbons (Fsp3) is 0.833. The number of hydrogen-bond acceptors (Lipinski definition) is 4. The average molecular weight is 223 g/mol. The molecule has 1 aromatic heterocycles. The molecule has 4 heteroatoms. The number of nitrogens with two attached hydrogens (primary N) is 1. The van der Waals surface area contributed by atoms with E-state index in [0.29, 0.717) is 17.8 Å². The van der Waals surface area contributed by atoms with Gasteiger partial charge < -0.3 is 10.3 Å². The average Bonchev–Trinajstić information content (AvgIpc) is 2.95. The van der Waals surface area contributed by atoms with Crippen LogP contribution in [0.2, 0.25) is 0 Å². The molecule has 2 rings (SSSR count). The van der Waals surface area contributed by atoms with Crippen molar-refractivity contribution in [3.05, 3.63) is 11.7 Å². The minimum Gasteiger partial charge on any atom is -0.339 e. The highest BCUT2D eigenvalue weighted by molar-refractivity contribution is 5.02. The van der Waals surface area contributed by atoms with Crippen molar-refractivity contribution in [3.8, 4) is 0 Å². The van der Waals surface area contributed by atoms with Gasteiger partial charge in [0.2, 0.25) is 5.89 Å². The standard InChI is InChI=1S/C12H21N3O/c1-3-8(2)11-14-12(16-15-11)10-6-4-5-9(10)7-13/h8-10H,3-7,13H2,1-2H3. The van der Waals surface area contributed by atoms with E-state index in [0.717, 1.165) is 31.1 Å². The third-order valence-corrected chi connectivity index (χ3v) is 3.79. The molecule has 0 aromatic carbocycles. The van der Waals surface area contributed by atoms with E-state index in [1.54, 1.807) is 0 Å².